The Morgan fingerprint density at radius 2 is 2.00 bits per heavy atom. The van der Waals surface area contributed by atoms with Crippen molar-refractivity contribution in [1.29, 1.82) is 0 Å². The van der Waals surface area contributed by atoms with E-state index in [9.17, 15) is 4.39 Å². The summed E-state index contributed by atoms with van der Waals surface area (Å²) in [6, 6.07) is 4.40. The van der Waals surface area contributed by atoms with Crippen molar-refractivity contribution in [2.24, 2.45) is 5.73 Å². The van der Waals surface area contributed by atoms with Crippen LogP contribution in [0.4, 0.5) is 4.39 Å². The summed E-state index contributed by atoms with van der Waals surface area (Å²) in [6.07, 6.45) is 6.19. The van der Waals surface area contributed by atoms with Crippen molar-refractivity contribution in [2.45, 2.75) is 51.2 Å². The highest BCUT2D eigenvalue weighted by Gasteiger charge is 2.17. The predicted octanol–water partition coefficient (Wildman–Crippen LogP) is 3.56. The first-order valence-electron chi connectivity index (χ1n) is 6.38. The first-order chi connectivity index (χ1) is 8.16. The van der Waals surface area contributed by atoms with Crippen LogP contribution >= 0.6 is 0 Å². The Morgan fingerprint density at radius 3 is 2.65 bits per heavy atom. The van der Waals surface area contributed by atoms with Gasteiger partial charge in [-0.3, -0.25) is 0 Å². The van der Waals surface area contributed by atoms with E-state index < -0.39 is 0 Å². The van der Waals surface area contributed by atoms with Gasteiger partial charge in [-0.2, -0.15) is 0 Å². The third-order valence-electron chi connectivity index (χ3n) is 3.31. The molecule has 94 valence electrons. The second-order valence-corrected chi connectivity index (χ2v) is 4.85. The third-order valence-corrected chi connectivity index (χ3v) is 3.31. The lowest BCUT2D eigenvalue weighted by Crippen LogP contribution is -2.21. The highest BCUT2D eigenvalue weighted by molar-refractivity contribution is 5.36. The van der Waals surface area contributed by atoms with Gasteiger partial charge in [0.05, 0.1) is 6.10 Å². The Morgan fingerprint density at radius 1 is 1.29 bits per heavy atom. The van der Waals surface area contributed by atoms with Crippen molar-refractivity contribution in [3.63, 3.8) is 0 Å². The van der Waals surface area contributed by atoms with E-state index in [4.69, 9.17) is 10.5 Å². The monoisotopic (exact) mass is 237 g/mol. The summed E-state index contributed by atoms with van der Waals surface area (Å²) in [5, 5.41) is 0. The molecule has 0 heterocycles. The van der Waals surface area contributed by atoms with Gasteiger partial charge in [-0.1, -0.05) is 6.42 Å². The minimum Gasteiger partial charge on any atom is -0.490 e. The molecule has 0 aliphatic heterocycles. The van der Waals surface area contributed by atoms with Crippen molar-refractivity contribution in [2.75, 3.05) is 0 Å². The van der Waals surface area contributed by atoms with Crippen LogP contribution in [0, 0.1) is 5.82 Å². The van der Waals surface area contributed by atoms with Crippen molar-refractivity contribution in [1.82, 2.24) is 0 Å². The second-order valence-electron chi connectivity index (χ2n) is 4.85. The summed E-state index contributed by atoms with van der Waals surface area (Å²) in [7, 11) is 0. The van der Waals surface area contributed by atoms with Gasteiger partial charge in [-0.15, -0.1) is 0 Å². The molecule has 0 unspecified atom stereocenters. The van der Waals surface area contributed by atoms with Gasteiger partial charge in [0.15, 0.2) is 0 Å². The number of ether oxygens (including phenoxy) is 1. The molecule has 0 bridgehead atoms. The summed E-state index contributed by atoms with van der Waals surface area (Å²) in [5.41, 5.74) is 6.60. The number of hydrogen-bond donors (Lipinski definition) is 1. The zero-order chi connectivity index (χ0) is 12.3. The summed E-state index contributed by atoms with van der Waals surface area (Å²) in [6.45, 7) is 1.85. The summed E-state index contributed by atoms with van der Waals surface area (Å²) in [5.74, 6) is 0.488. The highest BCUT2D eigenvalue weighted by Crippen LogP contribution is 2.29. The lowest BCUT2D eigenvalue weighted by Gasteiger charge is -2.25. The van der Waals surface area contributed by atoms with E-state index in [1.165, 1.54) is 31.4 Å². The van der Waals surface area contributed by atoms with Crippen molar-refractivity contribution >= 4 is 0 Å². The SMILES string of the molecule is C[C@H](N)c1cc(F)ccc1OC1CCCCC1. The zero-order valence-electron chi connectivity index (χ0n) is 10.3. The Labute approximate surface area is 102 Å². The normalized spacial score (nSPS) is 19.0. The third kappa shape index (κ3) is 3.19. The lowest BCUT2D eigenvalue weighted by molar-refractivity contribution is 0.153. The molecular formula is C14H20FNO. The number of hydrogen-bond acceptors (Lipinski definition) is 2. The Kier molecular flexibility index (Phi) is 4.00. The minimum absolute atomic E-state index is 0.204. The molecule has 1 aliphatic rings. The number of rotatable bonds is 3. The topological polar surface area (TPSA) is 35.2 Å². The molecule has 1 fully saturated rings. The standard InChI is InChI=1S/C14H20FNO/c1-10(16)13-9-11(15)7-8-14(13)17-12-5-3-2-4-6-12/h7-10,12H,2-6,16H2,1H3/t10-/m0/s1. The molecule has 0 spiro atoms. The molecule has 1 aromatic rings. The molecule has 3 heteroatoms. The fraction of sp³-hybridized carbons (Fsp3) is 0.571. The van der Waals surface area contributed by atoms with Crippen LogP contribution in [0.2, 0.25) is 0 Å². The van der Waals surface area contributed by atoms with Gasteiger partial charge in [-0.25, -0.2) is 4.39 Å². The average molecular weight is 237 g/mol. The molecule has 1 aromatic carbocycles. The molecule has 2 N–H and O–H groups in total. The molecule has 0 amide bonds. The van der Waals surface area contributed by atoms with E-state index in [1.54, 1.807) is 6.07 Å². The Hall–Kier alpha value is -1.09. The van der Waals surface area contributed by atoms with E-state index >= 15 is 0 Å². The van der Waals surface area contributed by atoms with Gasteiger partial charge in [-0.05, 0) is 50.8 Å². The first kappa shape index (κ1) is 12.4. The van der Waals surface area contributed by atoms with Crippen LogP contribution < -0.4 is 10.5 Å². The van der Waals surface area contributed by atoms with Gasteiger partial charge in [0.25, 0.3) is 0 Å². The van der Waals surface area contributed by atoms with Gasteiger partial charge >= 0.3 is 0 Å². The average Bonchev–Trinajstić information content (AvgIpc) is 2.32. The molecule has 0 saturated heterocycles. The molecule has 0 radical (unpaired) electrons. The van der Waals surface area contributed by atoms with E-state index in [0.717, 1.165) is 24.2 Å². The summed E-state index contributed by atoms with van der Waals surface area (Å²) < 4.78 is 19.1. The van der Waals surface area contributed by atoms with Crippen LogP contribution in [-0.2, 0) is 0 Å². The van der Waals surface area contributed by atoms with E-state index in [2.05, 4.69) is 0 Å². The van der Waals surface area contributed by atoms with Gasteiger partial charge in [0.1, 0.15) is 11.6 Å². The quantitative estimate of drug-likeness (QED) is 0.872. The molecule has 17 heavy (non-hydrogen) atoms. The van der Waals surface area contributed by atoms with Gasteiger partial charge in [0.2, 0.25) is 0 Å². The van der Waals surface area contributed by atoms with Crippen LogP contribution in [0.1, 0.15) is 50.6 Å². The van der Waals surface area contributed by atoms with Crippen LogP contribution in [0.3, 0.4) is 0 Å². The van der Waals surface area contributed by atoms with Gasteiger partial charge in [0, 0.05) is 11.6 Å². The highest BCUT2D eigenvalue weighted by atomic mass is 19.1. The first-order valence-corrected chi connectivity index (χ1v) is 6.38. The van der Waals surface area contributed by atoms with E-state index in [0.29, 0.717) is 0 Å². The molecular weight excluding hydrogens is 217 g/mol. The van der Waals surface area contributed by atoms with E-state index in [1.807, 2.05) is 6.92 Å². The molecule has 0 aromatic heterocycles. The fourth-order valence-electron chi connectivity index (χ4n) is 2.35. The Bertz CT molecular complexity index is 372. The van der Waals surface area contributed by atoms with Crippen molar-refractivity contribution < 1.29 is 9.13 Å². The number of benzene rings is 1. The summed E-state index contributed by atoms with van der Waals surface area (Å²) in [4.78, 5) is 0. The molecule has 1 atom stereocenters. The number of halogens is 1. The lowest BCUT2D eigenvalue weighted by atomic mass is 9.97. The van der Waals surface area contributed by atoms with Crippen LogP contribution in [0.25, 0.3) is 0 Å². The maximum Gasteiger partial charge on any atom is 0.124 e. The fourth-order valence-corrected chi connectivity index (χ4v) is 2.35. The molecule has 1 saturated carbocycles. The second kappa shape index (κ2) is 5.50. The van der Waals surface area contributed by atoms with Crippen LogP contribution in [0.15, 0.2) is 18.2 Å². The molecule has 2 nitrogen and oxygen atoms in total. The predicted molar refractivity (Wildman–Crippen MR) is 66.5 cm³/mol. The Balaban J connectivity index is 2.13. The van der Waals surface area contributed by atoms with Crippen molar-refractivity contribution in [3.05, 3.63) is 29.6 Å². The van der Waals surface area contributed by atoms with Crippen LogP contribution in [0.5, 0.6) is 5.75 Å². The van der Waals surface area contributed by atoms with Gasteiger partial charge < -0.3 is 10.5 Å². The summed E-state index contributed by atoms with van der Waals surface area (Å²) >= 11 is 0. The maximum absolute atomic E-state index is 13.2. The minimum atomic E-state index is -0.256. The maximum atomic E-state index is 13.2. The van der Waals surface area contributed by atoms with Crippen LogP contribution in [-0.4, -0.2) is 6.10 Å². The van der Waals surface area contributed by atoms with Crippen molar-refractivity contribution in [3.8, 4) is 5.75 Å². The smallest absolute Gasteiger partial charge is 0.124 e. The van der Waals surface area contributed by atoms with E-state index in [-0.39, 0.29) is 18.0 Å². The number of nitrogens with two attached hydrogens (primary N) is 1. The largest absolute Gasteiger partial charge is 0.490 e. The molecule has 1 aliphatic carbocycles. The molecule has 2 rings (SSSR count). The zero-order valence-corrected chi connectivity index (χ0v) is 10.3.